The van der Waals surface area contributed by atoms with Crippen LogP contribution in [0.15, 0.2) is 0 Å². The third-order valence-electron chi connectivity index (χ3n) is 5.53. The second-order valence-electron chi connectivity index (χ2n) is 9.33. The van der Waals surface area contributed by atoms with Crippen LogP contribution in [0.2, 0.25) is 0 Å². The second-order valence-corrected chi connectivity index (χ2v) is 10.7. The molecule has 8 heteroatoms. The SMILES string of the molecule is CCCCCCCC(OP(=O)(O)OCC(O)CO)C(CCCCCCC)[N+](C)(C)C. The van der Waals surface area contributed by atoms with Gasteiger partial charge in [0.2, 0.25) is 0 Å². The molecule has 0 rings (SSSR count). The number of rotatable bonds is 20. The Balaban J connectivity index is 5.13. The molecule has 0 aliphatic carbocycles. The molecule has 0 saturated carbocycles. The minimum atomic E-state index is -4.33. The summed E-state index contributed by atoms with van der Waals surface area (Å²) in [6.45, 7) is 3.42. The van der Waals surface area contributed by atoms with Crippen LogP contribution >= 0.6 is 7.82 Å². The first kappa shape index (κ1) is 30.0. The Labute approximate surface area is 185 Å². The molecule has 4 unspecified atom stereocenters. The van der Waals surface area contributed by atoms with Gasteiger partial charge in [0.25, 0.3) is 0 Å². The van der Waals surface area contributed by atoms with Crippen LogP contribution in [-0.4, -0.2) is 72.2 Å². The van der Waals surface area contributed by atoms with E-state index in [9.17, 15) is 14.6 Å². The van der Waals surface area contributed by atoms with Gasteiger partial charge < -0.3 is 19.6 Å². The summed E-state index contributed by atoms with van der Waals surface area (Å²) in [5, 5.41) is 18.3. The second kappa shape index (κ2) is 16.6. The van der Waals surface area contributed by atoms with E-state index in [1.54, 1.807) is 0 Å². The van der Waals surface area contributed by atoms with Gasteiger partial charge in [0.1, 0.15) is 18.2 Å². The topological polar surface area (TPSA) is 96.2 Å². The maximum absolute atomic E-state index is 12.5. The summed E-state index contributed by atoms with van der Waals surface area (Å²) < 4.78 is 23.8. The van der Waals surface area contributed by atoms with Crippen LogP contribution in [-0.2, 0) is 13.6 Å². The van der Waals surface area contributed by atoms with Gasteiger partial charge in [0.05, 0.1) is 34.4 Å². The number of hydrogen-bond donors (Lipinski definition) is 3. The molecular formula is C22H49NO6P+. The minimum Gasteiger partial charge on any atom is -0.394 e. The van der Waals surface area contributed by atoms with Crippen LogP contribution in [0, 0.1) is 0 Å². The van der Waals surface area contributed by atoms with Gasteiger partial charge in [0, 0.05) is 6.42 Å². The largest absolute Gasteiger partial charge is 0.472 e. The van der Waals surface area contributed by atoms with Gasteiger partial charge in [0.15, 0.2) is 0 Å². The molecule has 0 saturated heterocycles. The van der Waals surface area contributed by atoms with Crippen molar-refractivity contribution in [2.75, 3.05) is 34.4 Å². The number of likely N-dealkylation sites (N-methyl/N-ethyl adjacent to an activating group) is 1. The number of hydrogen-bond acceptors (Lipinski definition) is 5. The molecule has 0 fully saturated rings. The lowest BCUT2D eigenvalue weighted by Gasteiger charge is -2.39. The maximum atomic E-state index is 12.5. The van der Waals surface area contributed by atoms with Crippen LogP contribution in [0.4, 0.5) is 0 Å². The fourth-order valence-corrected chi connectivity index (χ4v) is 4.74. The summed E-state index contributed by atoms with van der Waals surface area (Å²) in [5.74, 6) is 0. The van der Waals surface area contributed by atoms with Gasteiger partial charge in [-0.2, -0.15) is 0 Å². The van der Waals surface area contributed by atoms with Crippen molar-refractivity contribution in [2.45, 2.75) is 109 Å². The van der Waals surface area contributed by atoms with E-state index in [-0.39, 0.29) is 6.04 Å². The summed E-state index contributed by atoms with van der Waals surface area (Å²) in [7, 11) is 1.97. The van der Waals surface area contributed by atoms with Crippen molar-refractivity contribution in [1.82, 2.24) is 0 Å². The Morgan fingerprint density at radius 1 is 0.867 bits per heavy atom. The van der Waals surface area contributed by atoms with Gasteiger partial charge in [-0.15, -0.1) is 0 Å². The zero-order valence-electron chi connectivity index (χ0n) is 20.1. The summed E-state index contributed by atoms with van der Waals surface area (Å²) >= 11 is 0. The Morgan fingerprint density at radius 2 is 1.37 bits per heavy atom. The van der Waals surface area contributed by atoms with Gasteiger partial charge >= 0.3 is 7.82 Å². The quantitative estimate of drug-likeness (QED) is 0.141. The van der Waals surface area contributed by atoms with E-state index in [2.05, 4.69) is 35.0 Å². The van der Waals surface area contributed by atoms with E-state index in [0.717, 1.165) is 38.5 Å². The van der Waals surface area contributed by atoms with Crippen molar-refractivity contribution < 1.29 is 33.2 Å². The van der Waals surface area contributed by atoms with Gasteiger partial charge in [-0.1, -0.05) is 71.6 Å². The smallest absolute Gasteiger partial charge is 0.394 e. The number of nitrogens with zero attached hydrogens (tertiary/aromatic N) is 1. The minimum absolute atomic E-state index is 0.0737. The maximum Gasteiger partial charge on any atom is 0.472 e. The summed E-state index contributed by atoms with van der Waals surface area (Å²) in [6, 6.07) is 0.0737. The van der Waals surface area contributed by atoms with Crippen LogP contribution in [0.3, 0.4) is 0 Å². The molecule has 7 nitrogen and oxygen atoms in total. The molecule has 0 heterocycles. The normalized spacial score (nSPS) is 17.5. The van der Waals surface area contributed by atoms with E-state index in [1.807, 2.05) is 0 Å². The number of aliphatic hydroxyl groups is 2. The molecule has 182 valence electrons. The highest BCUT2D eigenvalue weighted by Crippen LogP contribution is 2.47. The van der Waals surface area contributed by atoms with Crippen molar-refractivity contribution in [3.05, 3.63) is 0 Å². The van der Waals surface area contributed by atoms with E-state index in [4.69, 9.17) is 14.2 Å². The number of phosphoric acid groups is 1. The first-order valence-corrected chi connectivity index (χ1v) is 13.3. The first-order chi connectivity index (χ1) is 14.1. The summed E-state index contributed by atoms with van der Waals surface area (Å²) in [4.78, 5) is 10.2. The van der Waals surface area contributed by atoms with Gasteiger partial charge in [-0.25, -0.2) is 4.57 Å². The Morgan fingerprint density at radius 3 is 1.83 bits per heavy atom. The average molecular weight is 455 g/mol. The fourth-order valence-electron chi connectivity index (χ4n) is 3.73. The first-order valence-electron chi connectivity index (χ1n) is 11.8. The van der Waals surface area contributed by atoms with E-state index in [0.29, 0.717) is 10.9 Å². The molecule has 0 aromatic rings. The standard InChI is InChI=1S/C22H48NO6P/c1-6-8-10-12-14-16-21(23(3,4)5)22(17-15-13-11-9-7-2)29-30(26,27)28-19-20(25)18-24/h20-22,24-25H,6-19H2,1-5H3/p+1. The summed E-state index contributed by atoms with van der Waals surface area (Å²) in [5.41, 5.74) is 0. The highest BCUT2D eigenvalue weighted by atomic mass is 31.2. The molecule has 0 aliphatic rings. The molecule has 30 heavy (non-hydrogen) atoms. The monoisotopic (exact) mass is 454 g/mol. The molecule has 0 amide bonds. The fraction of sp³-hybridized carbons (Fsp3) is 1.00. The van der Waals surface area contributed by atoms with Crippen LogP contribution in [0.25, 0.3) is 0 Å². The molecular weight excluding hydrogens is 405 g/mol. The van der Waals surface area contributed by atoms with Crippen LogP contribution in [0.5, 0.6) is 0 Å². The van der Waals surface area contributed by atoms with Crippen molar-refractivity contribution in [1.29, 1.82) is 0 Å². The summed E-state index contributed by atoms with van der Waals surface area (Å²) in [6.07, 6.45) is 11.4. The molecule has 0 radical (unpaired) electrons. The van der Waals surface area contributed by atoms with E-state index < -0.39 is 33.2 Å². The molecule has 0 bridgehead atoms. The third-order valence-corrected chi connectivity index (χ3v) is 6.54. The molecule has 3 N–H and O–H groups in total. The number of aliphatic hydroxyl groups excluding tert-OH is 2. The predicted octanol–water partition coefficient (Wildman–Crippen LogP) is 4.64. The lowest BCUT2D eigenvalue weighted by atomic mass is 9.95. The Kier molecular flexibility index (Phi) is 16.6. The molecule has 4 atom stereocenters. The number of quaternary nitrogens is 1. The Bertz CT molecular complexity index is 457. The highest BCUT2D eigenvalue weighted by molar-refractivity contribution is 7.47. The van der Waals surface area contributed by atoms with Crippen LogP contribution < -0.4 is 0 Å². The number of phosphoric ester groups is 1. The van der Waals surface area contributed by atoms with E-state index >= 15 is 0 Å². The number of unbranched alkanes of at least 4 members (excludes halogenated alkanes) is 8. The van der Waals surface area contributed by atoms with Crippen molar-refractivity contribution in [3.63, 3.8) is 0 Å². The Hall–Kier alpha value is -0.0100. The van der Waals surface area contributed by atoms with Gasteiger partial charge in [-0.3, -0.25) is 9.05 Å². The van der Waals surface area contributed by atoms with Crippen molar-refractivity contribution in [2.24, 2.45) is 0 Å². The van der Waals surface area contributed by atoms with Crippen molar-refractivity contribution >= 4 is 7.82 Å². The zero-order chi connectivity index (χ0) is 23.0. The highest BCUT2D eigenvalue weighted by Gasteiger charge is 2.38. The molecule has 0 spiro atoms. The molecule has 0 aliphatic heterocycles. The van der Waals surface area contributed by atoms with Crippen LogP contribution in [0.1, 0.15) is 90.9 Å². The lowest BCUT2D eigenvalue weighted by molar-refractivity contribution is -0.900. The average Bonchev–Trinajstić information content (AvgIpc) is 2.67. The zero-order valence-corrected chi connectivity index (χ0v) is 21.0. The molecule has 0 aromatic carbocycles. The van der Waals surface area contributed by atoms with E-state index in [1.165, 1.54) is 32.1 Å². The van der Waals surface area contributed by atoms with Gasteiger partial charge in [-0.05, 0) is 12.8 Å². The predicted molar refractivity (Wildman–Crippen MR) is 122 cm³/mol. The van der Waals surface area contributed by atoms with Crippen molar-refractivity contribution in [3.8, 4) is 0 Å². The lowest BCUT2D eigenvalue weighted by Crippen LogP contribution is -2.52. The third kappa shape index (κ3) is 14.9. The molecule has 0 aromatic heterocycles.